The van der Waals surface area contributed by atoms with Gasteiger partial charge in [0.05, 0.1) is 11.7 Å². The Labute approximate surface area is 264 Å². The first-order valence-electron chi connectivity index (χ1n) is 15.0. The van der Waals surface area contributed by atoms with Crippen molar-refractivity contribution in [1.82, 2.24) is 0 Å². The van der Waals surface area contributed by atoms with Crippen molar-refractivity contribution < 1.29 is 38.5 Å². The molecule has 2 aromatic carbocycles. The maximum absolute atomic E-state index is 17.5. The number of halogens is 1. The summed E-state index contributed by atoms with van der Waals surface area (Å²) in [5, 5.41) is 30.4. The molecule has 45 heavy (non-hydrogen) atoms. The van der Waals surface area contributed by atoms with Gasteiger partial charge in [0.2, 0.25) is 5.60 Å². The maximum Gasteiger partial charge on any atom is 0.352 e. The molecule has 2 N–H and O–H groups in total. The van der Waals surface area contributed by atoms with Crippen molar-refractivity contribution in [2.75, 3.05) is 6.61 Å². The molecule has 10 heteroatoms. The molecule has 1 unspecified atom stereocenters. The molecule has 6 rings (SSSR count). The third kappa shape index (κ3) is 4.70. The fraction of sp³-hybridized carbons (Fsp3) is 0.429. The standard InChI is InChI=1S/C35H34FNO7S/c1-32-15-13-24(39)19-22(32)5-12-28-27-14-16-34(31(42)43-18-17-37,33(27,2)20-29(40)35(28,32)36)44-30(41)21-3-8-25(9-4-21)45-26-10-6-23(38)7-11-26/h3-4,6-11,13,15,19,27-29,38,40H,5,12,14,16,18,20H2,1-2H3/t27-,28-,29-,32-,33-,34+,35?/m0/s1. The fourth-order valence-electron chi connectivity index (χ4n) is 8.48. The van der Waals surface area contributed by atoms with Gasteiger partial charge in [0.25, 0.3) is 0 Å². The summed E-state index contributed by atoms with van der Waals surface area (Å²) in [6, 6.07) is 15.2. The van der Waals surface area contributed by atoms with Crippen LogP contribution >= 0.6 is 11.8 Å². The van der Waals surface area contributed by atoms with E-state index < -0.39 is 58.6 Å². The van der Waals surface area contributed by atoms with E-state index in [2.05, 4.69) is 0 Å². The first-order valence-corrected chi connectivity index (χ1v) is 15.9. The number of benzene rings is 2. The van der Waals surface area contributed by atoms with Crippen molar-refractivity contribution in [2.45, 2.75) is 73.1 Å². The number of hydrogen-bond donors (Lipinski definition) is 2. The first-order chi connectivity index (χ1) is 21.4. The van der Waals surface area contributed by atoms with Crippen LogP contribution in [-0.2, 0) is 19.1 Å². The second kappa shape index (κ2) is 11.1. The number of fused-ring (bicyclic) bond motifs is 5. The van der Waals surface area contributed by atoms with Crippen molar-refractivity contribution in [3.05, 3.63) is 77.9 Å². The molecule has 3 saturated carbocycles. The smallest absolute Gasteiger partial charge is 0.352 e. The van der Waals surface area contributed by atoms with Gasteiger partial charge < -0.3 is 19.7 Å². The number of nitrogens with zero attached hydrogens (tertiary/aromatic N) is 1. The molecule has 0 radical (unpaired) electrons. The molecule has 3 fully saturated rings. The SMILES string of the molecule is C[C@]12C=CC(=O)C=C1CC[C@H]1[C@@H]3CC[C@@](OC(=O)c4ccc(Sc5ccc(O)cc5)cc4)(C(=O)OCC#N)[C@@]3(C)C[C@H](O)C12F. The number of phenolic OH excluding ortho intramolecular Hbond substituents is 1. The Morgan fingerprint density at radius 2 is 1.73 bits per heavy atom. The number of nitriles is 1. The van der Waals surface area contributed by atoms with Crippen LogP contribution in [0.4, 0.5) is 4.39 Å². The van der Waals surface area contributed by atoms with Crippen molar-refractivity contribution in [2.24, 2.45) is 22.7 Å². The van der Waals surface area contributed by atoms with E-state index in [1.807, 2.05) is 0 Å². The van der Waals surface area contributed by atoms with Crippen LogP contribution in [-0.4, -0.2) is 51.9 Å². The predicted octanol–water partition coefficient (Wildman–Crippen LogP) is 5.88. The molecule has 4 aliphatic carbocycles. The number of ketones is 1. The normalized spacial score (nSPS) is 34.9. The number of alkyl halides is 1. The van der Waals surface area contributed by atoms with Gasteiger partial charge in [0, 0.05) is 26.5 Å². The quantitative estimate of drug-likeness (QED) is 0.375. The Kier molecular flexibility index (Phi) is 7.69. The van der Waals surface area contributed by atoms with Crippen LogP contribution in [0.25, 0.3) is 0 Å². The van der Waals surface area contributed by atoms with Crippen LogP contribution in [0, 0.1) is 34.0 Å². The number of carbonyl (C=O) groups excluding carboxylic acids is 3. The summed E-state index contributed by atoms with van der Waals surface area (Å²) in [4.78, 5) is 41.4. The van der Waals surface area contributed by atoms with Crippen LogP contribution < -0.4 is 0 Å². The molecule has 8 nitrogen and oxygen atoms in total. The third-order valence-corrected chi connectivity index (χ3v) is 11.8. The Morgan fingerprint density at radius 1 is 1.07 bits per heavy atom. The number of aromatic hydroxyl groups is 1. The summed E-state index contributed by atoms with van der Waals surface area (Å²) in [5.41, 5.74) is -5.53. The maximum atomic E-state index is 17.5. The van der Waals surface area contributed by atoms with Crippen molar-refractivity contribution in [3.8, 4) is 11.8 Å². The number of hydrogen-bond acceptors (Lipinski definition) is 9. The lowest BCUT2D eigenvalue weighted by Gasteiger charge is -2.62. The van der Waals surface area contributed by atoms with E-state index in [1.54, 1.807) is 74.5 Å². The predicted molar refractivity (Wildman–Crippen MR) is 162 cm³/mol. The van der Waals surface area contributed by atoms with Gasteiger partial charge in [0.15, 0.2) is 18.1 Å². The van der Waals surface area contributed by atoms with Crippen LogP contribution in [0.1, 0.15) is 56.3 Å². The minimum absolute atomic E-state index is 0.0476. The lowest BCUT2D eigenvalue weighted by atomic mass is 9.45. The van der Waals surface area contributed by atoms with Gasteiger partial charge in [-0.3, -0.25) is 4.79 Å². The number of aliphatic hydroxyl groups is 1. The van der Waals surface area contributed by atoms with Gasteiger partial charge in [-0.15, -0.1) is 0 Å². The molecule has 234 valence electrons. The minimum atomic E-state index is -2.11. The summed E-state index contributed by atoms with van der Waals surface area (Å²) >= 11 is 1.44. The van der Waals surface area contributed by atoms with E-state index >= 15 is 4.39 Å². The molecule has 0 aliphatic heterocycles. The van der Waals surface area contributed by atoms with E-state index in [1.165, 1.54) is 23.9 Å². The van der Waals surface area contributed by atoms with Crippen LogP contribution in [0.15, 0.2) is 82.1 Å². The van der Waals surface area contributed by atoms with E-state index in [-0.39, 0.29) is 29.9 Å². The summed E-state index contributed by atoms with van der Waals surface area (Å²) in [7, 11) is 0. The van der Waals surface area contributed by atoms with Crippen LogP contribution in [0.2, 0.25) is 0 Å². The van der Waals surface area contributed by atoms with E-state index in [9.17, 15) is 24.6 Å². The first kappa shape index (κ1) is 31.1. The van der Waals surface area contributed by atoms with E-state index in [0.29, 0.717) is 24.8 Å². The third-order valence-electron chi connectivity index (χ3n) is 10.8. The highest BCUT2D eigenvalue weighted by Gasteiger charge is 2.76. The largest absolute Gasteiger partial charge is 0.508 e. The summed E-state index contributed by atoms with van der Waals surface area (Å²) in [6.07, 6.45) is 3.86. The second-order valence-corrected chi connectivity index (χ2v) is 14.0. The molecule has 0 spiro atoms. The summed E-state index contributed by atoms with van der Waals surface area (Å²) in [6.45, 7) is 2.92. The van der Waals surface area contributed by atoms with Gasteiger partial charge in [-0.2, -0.15) is 5.26 Å². The number of carbonyl (C=O) groups is 3. The zero-order valence-electron chi connectivity index (χ0n) is 25.0. The van der Waals surface area contributed by atoms with E-state index in [0.717, 1.165) is 9.79 Å². The highest BCUT2D eigenvalue weighted by molar-refractivity contribution is 7.99. The van der Waals surface area contributed by atoms with Gasteiger partial charge in [-0.05, 0) is 106 Å². The molecule has 2 aromatic rings. The number of ether oxygens (including phenoxy) is 2. The number of aliphatic hydroxyl groups excluding tert-OH is 1. The summed E-state index contributed by atoms with van der Waals surface area (Å²) < 4.78 is 29.0. The average Bonchev–Trinajstić information content (AvgIpc) is 3.30. The molecule has 7 atom stereocenters. The lowest BCUT2D eigenvalue weighted by molar-refractivity contribution is -0.224. The molecule has 0 saturated heterocycles. The molecular formula is C35H34FNO7S. The zero-order chi connectivity index (χ0) is 32.2. The topological polar surface area (TPSA) is 134 Å². The van der Waals surface area contributed by atoms with Gasteiger partial charge in [0.1, 0.15) is 11.8 Å². The minimum Gasteiger partial charge on any atom is -0.508 e. The lowest BCUT2D eigenvalue weighted by Crippen LogP contribution is -2.69. The monoisotopic (exact) mass is 631 g/mol. The molecule has 0 amide bonds. The van der Waals surface area contributed by atoms with Crippen molar-refractivity contribution >= 4 is 29.5 Å². The molecule has 0 aromatic heterocycles. The highest BCUT2D eigenvalue weighted by atomic mass is 32.2. The zero-order valence-corrected chi connectivity index (χ0v) is 25.8. The number of rotatable bonds is 6. The molecule has 0 bridgehead atoms. The average molecular weight is 632 g/mol. The van der Waals surface area contributed by atoms with Crippen LogP contribution in [0.5, 0.6) is 5.75 Å². The molecule has 0 heterocycles. The number of esters is 2. The number of allylic oxidation sites excluding steroid dienone is 4. The van der Waals surface area contributed by atoms with Crippen molar-refractivity contribution in [3.63, 3.8) is 0 Å². The molecule has 4 aliphatic rings. The Balaban J connectivity index is 1.31. The Bertz CT molecular complexity index is 1650. The second-order valence-electron chi connectivity index (χ2n) is 12.9. The van der Waals surface area contributed by atoms with Gasteiger partial charge >= 0.3 is 11.9 Å². The Morgan fingerprint density at radius 3 is 2.40 bits per heavy atom. The molecular weight excluding hydrogens is 597 g/mol. The van der Waals surface area contributed by atoms with Gasteiger partial charge in [-0.1, -0.05) is 30.3 Å². The Hall–Kier alpha value is -3.94. The number of phenols is 1. The van der Waals surface area contributed by atoms with E-state index in [4.69, 9.17) is 14.7 Å². The van der Waals surface area contributed by atoms with Crippen molar-refractivity contribution in [1.29, 1.82) is 5.26 Å². The summed E-state index contributed by atoms with van der Waals surface area (Å²) in [5.74, 6) is -2.85. The fourth-order valence-corrected chi connectivity index (χ4v) is 9.30. The highest BCUT2D eigenvalue weighted by Crippen LogP contribution is 2.70. The van der Waals surface area contributed by atoms with Crippen LogP contribution in [0.3, 0.4) is 0 Å². The van der Waals surface area contributed by atoms with Gasteiger partial charge in [-0.25, -0.2) is 14.0 Å².